The van der Waals surface area contributed by atoms with Crippen LogP contribution in [0.1, 0.15) is 48.0 Å². The summed E-state index contributed by atoms with van der Waals surface area (Å²) in [5.74, 6) is 0.703. The lowest BCUT2D eigenvalue weighted by Crippen LogP contribution is -2.26. The summed E-state index contributed by atoms with van der Waals surface area (Å²) >= 11 is 0. The fourth-order valence-corrected chi connectivity index (χ4v) is 2.90. The van der Waals surface area contributed by atoms with Gasteiger partial charge in [-0.05, 0) is 62.4 Å². The lowest BCUT2D eigenvalue weighted by atomic mass is 10.0. The van der Waals surface area contributed by atoms with Gasteiger partial charge in [0, 0.05) is 24.6 Å². The molecule has 1 aromatic rings. The van der Waals surface area contributed by atoms with Gasteiger partial charge < -0.3 is 16.0 Å². The summed E-state index contributed by atoms with van der Waals surface area (Å²) in [5, 5.41) is 9.25. The van der Waals surface area contributed by atoms with Crippen LogP contribution in [-0.4, -0.2) is 30.9 Å². The summed E-state index contributed by atoms with van der Waals surface area (Å²) in [6.07, 6.45) is 4.86. The second-order valence-electron chi connectivity index (χ2n) is 6.62. The Hall–Kier alpha value is -1.88. The summed E-state index contributed by atoms with van der Waals surface area (Å²) in [6, 6.07) is 7.84. The molecule has 3 N–H and O–H groups in total. The third-order valence-electron chi connectivity index (χ3n) is 4.53. The van der Waals surface area contributed by atoms with Gasteiger partial charge in [0.1, 0.15) is 0 Å². The molecule has 0 spiro atoms. The fraction of sp³-hybridized carbons (Fsp3) is 0.556. The summed E-state index contributed by atoms with van der Waals surface area (Å²) in [4.78, 5) is 24.0. The fourth-order valence-electron chi connectivity index (χ4n) is 2.90. The minimum atomic E-state index is -0.0191. The van der Waals surface area contributed by atoms with E-state index >= 15 is 0 Å². The molecule has 1 atom stereocenters. The Kier molecular flexibility index (Phi) is 5.28. The van der Waals surface area contributed by atoms with Gasteiger partial charge >= 0.3 is 0 Å². The van der Waals surface area contributed by atoms with E-state index in [0.717, 1.165) is 37.9 Å². The van der Waals surface area contributed by atoms with Crippen molar-refractivity contribution >= 4 is 11.8 Å². The number of amides is 2. The number of rotatable bonds is 7. The van der Waals surface area contributed by atoms with Gasteiger partial charge in [-0.1, -0.05) is 12.1 Å². The number of carbonyl (C=O) groups excluding carboxylic acids is 2. The average molecular weight is 315 g/mol. The largest absolute Gasteiger partial charge is 0.352 e. The van der Waals surface area contributed by atoms with E-state index in [0.29, 0.717) is 30.5 Å². The Labute approximate surface area is 137 Å². The van der Waals surface area contributed by atoms with Crippen LogP contribution in [0.4, 0.5) is 0 Å². The van der Waals surface area contributed by atoms with Crippen molar-refractivity contribution in [2.24, 2.45) is 5.92 Å². The van der Waals surface area contributed by atoms with Crippen LogP contribution in [-0.2, 0) is 11.3 Å². The molecule has 1 aliphatic heterocycles. The van der Waals surface area contributed by atoms with Crippen molar-refractivity contribution in [3.63, 3.8) is 0 Å². The molecular weight excluding hydrogens is 290 g/mol. The quantitative estimate of drug-likeness (QED) is 0.715. The maximum Gasteiger partial charge on any atom is 0.251 e. The van der Waals surface area contributed by atoms with Crippen molar-refractivity contribution in [3.05, 3.63) is 35.4 Å². The molecule has 5 heteroatoms. The third kappa shape index (κ3) is 5.06. The zero-order valence-corrected chi connectivity index (χ0v) is 13.4. The molecule has 1 unspecified atom stereocenters. The van der Waals surface area contributed by atoms with Crippen LogP contribution in [0.3, 0.4) is 0 Å². The van der Waals surface area contributed by atoms with Crippen molar-refractivity contribution in [3.8, 4) is 0 Å². The van der Waals surface area contributed by atoms with Gasteiger partial charge in [-0.2, -0.15) is 0 Å². The monoisotopic (exact) mass is 315 g/mol. The first-order chi connectivity index (χ1) is 11.2. The summed E-state index contributed by atoms with van der Waals surface area (Å²) in [5.41, 5.74) is 1.63. The number of benzene rings is 1. The van der Waals surface area contributed by atoms with Crippen LogP contribution in [0.25, 0.3) is 0 Å². The Morgan fingerprint density at radius 2 is 2.09 bits per heavy atom. The van der Waals surface area contributed by atoms with Crippen molar-refractivity contribution in [1.29, 1.82) is 0 Å². The first kappa shape index (κ1) is 16.0. The summed E-state index contributed by atoms with van der Waals surface area (Å²) in [6.45, 7) is 2.58. The highest BCUT2D eigenvalue weighted by molar-refractivity contribution is 5.94. The van der Waals surface area contributed by atoms with Crippen LogP contribution in [0, 0.1) is 5.92 Å². The Morgan fingerprint density at radius 3 is 2.83 bits per heavy atom. The van der Waals surface area contributed by atoms with Gasteiger partial charge in [0.05, 0.1) is 0 Å². The topological polar surface area (TPSA) is 70.2 Å². The molecular formula is C18H25N3O2. The maximum atomic E-state index is 12.0. The molecule has 0 bridgehead atoms. The van der Waals surface area contributed by atoms with Crippen LogP contribution < -0.4 is 16.0 Å². The smallest absolute Gasteiger partial charge is 0.251 e. The molecule has 1 saturated heterocycles. The van der Waals surface area contributed by atoms with Gasteiger partial charge in [-0.3, -0.25) is 9.59 Å². The maximum absolute atomic E-state index is 12.0. The van der Waals surface area contributed by atoms with Crippen LogP contribution in [0.5, 0.6) is 0 Å². The van der Waals surface area contributed by atoms with Gasteiger partial charge in [0.15, 0.2) is 0 Å². The molecule has 1 heterocycles. The number of hydrogen-bond donors (Lipinski definition) is 3. The molecule has 2 aliphatic rings. The van der Waals surface area contributed by atoms with Crippen molar-refractivity contribution in [1.82, 2.24) is 16.0 Å². The lowest BCUT2D eigenvalue weighted by Gasteiger charge is -2.10. The Morgan fingerprint density at radius 1 is 1.22 bits per heavy atom. The Balaban J connectivity index is 1.43. The van der Waals surface area contributed by atoms with E-state index in [4.69, 9.17) is 0 Å². The number of carbonyl (C=O) groups is 2. The van der Waals surface area contributed by atoms with Gasteiger partial charge in [0.2, 0.25) is 5.91 Å². The molecule has 0 radical (unpaired) electrons. The highest BCUT2D eigenvalue weighted by atomic mass is 16.2. The van der Waals surface area contributed by atoms with Crippen LogP contribution in [0.2, 0.25) is 0 Å². The highest BCUT2D eigenvalue weighted by Crippen LogP contribution is 2.19. The normalized spacial score (nSPS) is 20.3. The molecule has 5 nitrogen and oxygen atoms in total. The Bertz CT molecular complexity index is 563. The molecule has 1 saturated carbocycles. The minimum absolute atomic E-state index is 0.0191. The van der Waals surface area contributed by atoms with E-state index < -0.39 is 0 Å². The van der Waals surface area contributed by atoms with E-state index in [-0.39, 0.29) is 11.8 Å². The molecule has 2 fully saturated rings. The molecule has 1 aromatic carbocycles. The predicted molar refractivity (Wildman–Crippen MR) is 89.0 cm³/mol. The second kappa shape index (κ2) is 7.59. The molecule has 1 aliphatic carbocycles. The number of nitrogens with one attached hydrogen (secondary N) is 3. The lowest BCUT2D eigenvalue weighted by molar-refractivity contribution is -0.121. The molecule has 124 valence electrons. The van der Waals surface area contributed by atoms with E-state index in [1.807, 2.05) is 24.3 Å². The van der Waals surface area contributed by atoms with E-state index in [2.05, 4.69) is 16.0 Å². The van der Waals surface area contributed by atoms with Crippen molar-refractivity contribution in [2.45, 2.75) is 44.7 Å². The second-order valence-corrected chi connectivity index (χ2v) is 6.62. The third-order valence-corrected chi connectivity index (χ3v) is 4.53. The number of hydrogen-bond acceptors (Lipinski definition) is 3. The highest BCUT2D eigenvalue weighted by Gasteiger charge is 2.23. The molecule has 23 heavy (non-hydrogen) atoms. The van der Waals surface area contributed by atoms with Gasteiger partial charge in [-0.25, -0.2) is 0 Å². The summed E-state index contributed by atoms with van der Waals surface area (Å²) in [7, 11) is 0. The van der Waals surface area contributed by atoms with Crippen LogP contribution >= 0.6 is 0 Å². The minimum Gasteiger partial charge on any atom is -0.352 e. The molecule has 3 rings (SSSR count). The molecule has 0 aromatic heterocycles. The van der Waals surface area contributed by atoms with Gasteiger partial charge in [-0.15, -0.1) is 0 Å². The van der Waals surface area contributed by atoms with Crippen molar-refractivity contribution < 1.29 is 9.59 Å². The van der Waals surface area contributed by atoms with E-state index in [1.54, 1.807) is 0 Å². The first-order valence-corrected chi connectivity index (χ1v) is 8.58. The standard InChI is InChI=1S/C18H25N3O2/c22-17(7-4-13-8-9-19-11-13)20-12-14-2-1-3-15(10-14)18(23)21-16-5-6-16/h1-3,10,13,16,19H,4-9,11-12H2,(H,20,22)(H,21,23). The molecule has 2 amide bonds. The SMILES string of the molecule is O=C(CCC1CCNC1)NCc1cccc(C(=O)NC2CC2)c1. The van der Waals surface area contributed by atoms with Gasteiger partial charge in [0.25, 0.3) is 5.91 Å². The van der Waals surface area contributed by atoms with E-state index in [9.17, 15) is 9.59 Å². The van der Waals surface area contributed by atoms with Crippen LogP contribution in [0.15, 0.2) is 24.3 Å². The zero-order chi connectivity index (χ0) is 16.1. The first-order valence-electron chi connectivity index (χ1n) is 8.58. The average Bonchev–Trinajstić information content (AvgIpc) is 3.22. The van der Waals surface area contributed by atoms with E-state index in [1.165, 1.54) is 6.42 Å². The summed E-state index contributed by atoms with van der Waals surface area (Å²) < 4.78 is 0. The van der Waals surface area contributed by atoms with Crippen molar-refractivity contribution in [2.75, 3.05) is 13.1 Å². The predicted octanol–water partition coefficient (Wildman–Crippen LogP) is 1.58. The zero-order valence-electron chi connectivity index (χ0n) is 13.4.